The summed E-state index contributed by atoms with van der Waals surface area (Å²) >= 11 is 4.81. The molecule has 0 radical (unpaired) electrons. The van der Waals surface area contributed by atoms with Gasteiger partial charge in [-0.15, -0.1) is 11.3 Å². The molecule has 5 aromatic rings. The van der Waals surface area contributed by atoms with Crippen LogP contribution in [0.1, 0.15) is 32.8 Å². The van der Waals surface area contributed by atoms with Crippen molar-refractivity contribution in [2.45, 2.75) is 12.5 Å². The van der Waals surface area contributed by atoms with E-state index in [0.717, 1.165) is 26.1 Å². The number of hydrogen-bond acceptors (Lipinski definition) is 5. The first-order chi connectivity index (χ1) is 15.1. The van der Waals surface area contributed by atoms with Gasteiger partial charge in [-0.25, -0.2) is 18.9 Å². The van der Waals surface area contributed by atoms with Gasteiger partial charge in [0.25, 0.3) is 5.91 Å². The van der Waals surface area contributed by atoms with E-state index in [1.54, 1.807) is 28.0 Å². The zero-order valence-electron chi connectivity index (χ0n) is 15.9. The number of amides is 1. The molecule has 0 fully saturated rings. The summed E-state index contributed by atoms with van der Waals surface area (Å²) in [5.41, 5.74) is 3.26. The van der Waals surface area contributed by atoms with E-state index in [2.05, 4.69) is 36.0 Å². The number of imidazole rings is 1. The molecule has 0 spiro atoms. The van der Waals surface area contributed by atoms with Crippen LogP contribution in [0.4, 0.5) is 4.39 Å². The van der Waals surface area contributed by atoms with Gasteiger partial charge in [0, 0.05) is 29.3 Å². The summed E-state index contributed by atoms with van der Waals surface area (Å²) in [4.78, 5) is 27.7. The number of aromatic nitrogens is 5. The molecule has 7 nitrogen and oxygen atoms in total. The molecule has 5 heterocycles. The number of nitrogens with one attached hydrogen (secondary N) is 1. The van der Waals surface area contributed by atoms with Crippen LogP contribution in [-0.4, -0.2) is 41.9 Å². The Morgan fingerprint density at radius 1 is 1.29 bits per heavy atom. The van der Waals surface area contributed by atoms with Gasteiger partial charge in [0.2, 0.25) is 0 Å². The van der Waals surface area contributed by atoms with Crippen LogP contribution in [0, 0.1) is 5.82 Å². The smallest absolute Gasteiger partial charge is 0.258 e. The number of carbonyl (C=O) groups excluding carboxylic acids is 1. The molecule has 0 unspecified atom stereocenters. The van der Waals surface area contributed by atoms with Crippen LogP contribution in [0.5, 0.6) is 0 Å². The lowest BCUT2D eigenvalue weighted by atomic mass is 10.0. The van der Waals surface area contributed by atoms with Gasteiger partial charge in [-0.3, -0.25) is 4.79 Å². The lowest BCUT2D eigenvalue weighted by Gasteiger charge is -2.33. The van der Waals surface area contributed by atoms with E-state index >= 15 is 0 Å². The number of para-hydroxylation sites is 1. The molecule has 1 N–H and O–H groups in total. The number of carbonyl (C=O) groups is 1. The van der Waals surface area contributed by atoms with Gasteiger partial charge in [0.15, 0.2) is 0 Å². The van der Waals surface area contributed by atoms with Gasteiger partial charge in [0.1, 0.15) is 22.4 Å². The Morgan fingerprint density at radius 2 is 2.19 bits per heavy atom. The highest BCUT2D eigenvalue weighted by Crippen LogP contribution is 2.38. The average Bonchev–Trinajstić information content (AvgIpc) is 3.50. The fourth-order valence-electron chi connectivity index (χ4n) is 4.07. The van der Waals surface area contributed by atoms with Gasteiger partial charge in [-0.1, -0.05) is 6.07 Å². The number of hydrogen-bond donors (Lipinski definition) is 1. The van der Waals surface area contributed by atoms with E-state index in [1.807, 2.05) is 24.4 Å². The third kappa shape index (κ3) is 2.89. The number of nitrogens with zero attached hydrogens (tertiary/aromatic N) is 5. The third-order valence-corrected chi connectivity index (χ3v) is 7.06. The molecule has 0 bridgehead atoms. The number of aromatic amines is 1. The minimum atomic E-state index is -0.496. The van der Waals surface area contributed by atoms with E-state index in [4.69, 9.17) is 0 Å². The SMILES string of the molecule is O=C(c1cnn2cc(Br)ccc12)N1CCc2[nH]cnc2[C@H]1c1nc2c(F)cccc2s1. The molecule has 0 saturated carbocycles. The molecular weight excluding hydrogens is 483 g/mol. The Labute approximate surface area is 187 Å². The van der Waals surface area contributed by atoms with Crippen molar-refractivity contribution < 1.29 is 9.18 Å². The summed E-state index contributed by atoms with van der Waals surface area (Å²) in [5, 5.41) is 4.97. The molecule has 31 heavy (non-hydrogen) atoms. The minimum Gasteiger partial charge on any atom is -0.348 e. The number of benzene rings is 1. The second-order valence-corrected chi connectivity index (χ2v) is 9.27. The second kappa shape index (κ2) is 6.96. The highest BCUT2D eigenvalue weighted by Gasteiger charge is 2.37. The molecule has 6 rings (SSSR count). The summed E-state index contributed by atoms with van der Waals surface area (Å²) in [5.74, 6) is -0.528. The molecule has 1 aliphatic heterocycles. The predicted octanol–water partition coefficient (Wildman–Crippen LogP) is 4.36. The lowest BCUT2D eigenvalue weighted by Crippen LogP contribution is -2.40. The highest BCUT2D eigenvalue weighted by molar-refractivity contribution is 9.10. The van der Waals surface area contributed by atoms with Gasteiger partial charge in [0.05, 0.1) is 34.0 Å². The third-order valence-electron chi connectivity index (χ3n) is 5.52. The van der Waals surface area contributed by atoms with Gasteiger partial charge < -0.3 is 9.88 Å². The van der Waals surface area contributed by atoms with Crippen LogP contribution in [0.15, 0.2) is 53.5 Å². The van der Waals surface area contributed by atoms with Crippen LogP contribution in [0.25, 0.3) is 15.7 Å². The van der Waals surface area contributed by atoms with Crippen molar-refractivity contribution in [3.05, 3.63) is 81.3 Å². The predicted molar refractivity (Wildman–Crippen MR) is 118 cm³/mol. The zero-order chi connectivity index (χ0) is 21.1. The molecule has 4 aromatic heterocycles. The maximum Gasteiger partial charge on any atom is 0.258 e. The number of pyridine rings is 1. The van der Waals surface area contributed by atoms with Crippen LogP contribution >= 0.6 is 27.3 Å². The molecule has 1 atom stereocenters. The molecule has 1 aliphatic rings. The lowest BCUT2D eigenvalue weighted by molar-refractivity contribution is 0.0692. The quantitative estimate of drug-likeness (QED) is 0.393. The molecule has 1 aromatic carbocycles. The first-order valence-corrected chi connectivity index (χ1v) is 11.2. The number of H-pyrrole nitrogens is 1. The fourth-order valence-corrected chi connectivity index (χ4v) is 5.50. The van der Waals surface area contributed by atoms with Crippen molar-refractivity contribution in [3.8, 4) is 0 Å². The van der Waals surface area contributed by atoms with Crippen molar-refractivity contribution in [3.63, 3.8) is 0 Å². The number of halogens is 2. The molecule has 0 saturated heterocycles. The number of fused-ring (bicyclic) bond motifs is 3. The standard InChI is InChI=1S/C21H14BrFN6OS/c22-11-4-5-15-12(8-26-29(15)9-11)21(30)28-7-6-14-18(25-10-24-14)19(28)20-27-17-13(23)2-1-3-16(17)31-20/h1-5,8-10,19H,6-7H2,(H,24,25)/t19-/m0/s1. The summed E-state index contributed by atoms with van der Waals surface area (Å²) in [6.45, 7) is 0.491. The van der Waals surface area contributed by atoms with Crippen LogP contribution in [0.3, 0.4) is 0 Å². The summed E-state index contributed by atoms with van der Waals surface area (Å²) in [6.07, 6.45) is 5.68. The summed E-state index contributed by atoms with van der Waals surface area (Å²) < 4.78 is 17.6. The molecule has 154 valence electrons. The highest BCUT2D eigenvalue weighted by atomic mass is 79.9. The topological polar surface area (TPSA) is 79.2 Å². The van der Waals surface area contributed by atoms with Crippen molar-refractivity contribution in [1.82, 2.24) is 29.5 Å². The monoisotopic (exact) mass is 496 g/mol. The van der Waals surface area contributed by atoms with Crippen LogP contribution < -0.4 is 0 Å². The van der Waals surface area contributed by atoms with Crippen molar-refractivity contribution in [2.24, 2.45) is 0 Å². The van der Waals surface area contributed by atoms with E-state index < -0.39 is 6.04 Å². The zero-order valence-corrected chi connectivity index (χ0v) is 18.3. The van der Waals surface area contributed by atoms with E-state index in [0.29, 0.717) is 29.1 Å². The molecule has 1 amide bonds. The van der Waals surface area contributed by atoms with Crippen LogP contribution in [-0.2, 0) is 6.42 Å². The fraction of sp³-hybridized carbons (Fsp3) is 0.143. The van der Waals surface area contributed by atoms with Crippen molar-refractivity contribution in [2.75, 3.05) is 6.54 Å². The maximum atomic E-state index is 14.3. The second-order valence-electron chi connectivity index (χ2n) is 7.29. The van der Waals surface area contributed by atoms with Gasteiger partial charge >= 0.3 is 0 Å². The van der Waals surface area contributed by atoms with Gasteiger partial charge in [-0.05, 0) is 40.2 Å². The first kappa shape index (κ1) is 18.6. The molecule has 10 heteroatoms. The van der Waals surface area contributed by atoms with E-state index in [1.165, 1.54) is 17.4 Å². The Kier molecular flexibility index (Phi) is 4.19. The Bertz CT molecular complexity index is 1470. The Hall–Kier alpha value is -3.11. The first-order valence-electron chi connectivity index (χ1n) is 9.61. The maximum absolute atomic E-state index is 14.3. The average molecular weight is 497 g/mol. The largest absolute Gasteiger partial charge is 0.348 e. The van der Waals surface area contributed by atoms with Crippen molar-refractivity contribution in [1.29, 1.82) is 0 Å². The summed E-state index contributed by atoms with van der Waals surface area (Å²) in [6, 6.07) is 8.14. The van der Waals surface area contributed by atoms with Crippen LogP contribution in [0.2, 0.25) is 0 Å². The minimum absolute atomic E-state index is 0.157. The Morgan fingerprint density at radius 3 is 3.06 bits per heavy atom. The molecule has 0 aliphatic carbocycles. The Balaban J connectivity index is 1.49. The summed E-state index contributed by atoms with van der Waals surface area (Å²) in [7, 11) is 0. The van der Waals surface area contributed by atoms with Gasteiger partial charge in [-0.2, -0.15) is 5.10 Å². The van der Waals surface area contributed by atoms with Crippen molar-refractivity contribution >= 4 is 48.9 Å². The van der Waals surface area contributed by atoms with E-state index in [9.17, 15) is 9.18 Å². The normalized spacial score (nSPS) is 16.2. The molecular formula is C21H14BrFN6OS. The number of rotatable bonds is 2. The van der Waals surface area contributed by atoms with E-state index in [-0.39, 0.29) is 11.7 Å². The number of thiazole rings is 1.